The Kier molecular flexibility index (Phi) is 8.24. The first kappa shape index (κ1) is 20.2. The van der Waals surface area contributed by atoms with Crippen LogP contribution in [0, 0.1) is 0 Å². The minimum Gasteiger partial charge on any atom is -0.312 e. The summed E-state index contributed by atoms with van der Waals surface area (Å²) in [7, 11) is 4.14. The Bertz CT molecular complexity index is 565. The zero-order chi connectivity index (χ0) is 18.2. The molecule has 1 aromatic carbocycles. The molecule has 3 unspecified atom stereocenters. The molecule has 1 aromatic rings. The van der Waals surface area contributed by atoms with Gasteiger partial charge in [0.25, 0.3) is 5.91 Å². The van der Waals surface area contributed by atoms with Gasteiger partial charge in [-0.3, -0.25) is 4.79 Å². The Morgan fingerprint density at radius 2 is 2.00 bits per heavy atom. The summed E-state index contributed by atoms with van der Waals surface area (Å²) in [5.74, 6) is -0.114. The largest absolute Gasteiger partial charge is 0.312 e. The lowest BCUT2D eigenvalue weighted by molar-refractivity contribution is -0.114. The van der Waals surface area contributed by atoms with Crippen molar-refractivity contribution in [2.45, 2.75) is 36.7 Å². The Hall–Kier alpha value is -1.07. The minimum atomic E-state index is -0.114. The fraction of sp³-hybridized carbons (Fsp3) is 0.526. The van der Waals surface area contributed by atoms with Gasteiger partial charge in [0.05, 0.1) is 6.04 Å². The molecule has 0 aliphatic heterocycles. The van der Waals surface area contributed by atoms with Gasteiger partial charge in [0.1, 0.15) is 0 Å². The normalized spacial score (nSPS) is 23.5. The van der Waals surface area contributed by atoms with E-state index in [1.165, 1.54) is 11.6 Å². The molecule has 0 aromatic heterocycles. The van der Waals surface area contributed by atoms with Crippen LogP contribution in [0.5, 0.6) is 0 Å². The molecule has 4 nitrogen and oxygen atoms in total. The van der Waals surface area contributed by atoms with Gasteiger partial charge in [-0.1, -0.05) is 29.8 Å². The number of carbonyl (C=O) groups excluding carboxylic acids is 1. The SMILES string of the molecule is CN(C)CCCNC1CC(Cl)CC1N(C(=O)C=CCl)c1ccccc1. The van der Waals surface area contributed by atoms with E-state index < -0.39 is 0 Å². The Morgan fingerprint density at radius 3 is 2.64 bits per heavy atom. The molecule has 0 bridgehead atoms. The van der Waals surface area contributed by atoms with Crippen molar-refractivity contribution in [3.63, 3.8) is 0 Å². The highest BCUT2D eigenvalue weighted by Crippen LogP contribution is 2.32. The summed E-state index contributed by atoms with van der Waals surface area (Å²) in [5, 5.41) is 3.67. The van der Waals surface area contributed by atoms with Gasteiger partial charge < -0.3 is 15.1 Å². The number of amides is 1. The molecule has 1 N–H and O–H groups in total. The van der Waals surface area contributed by atoms with E-state index >= 15 is 0 Å². The van der Waals surface area contributed by atoms with Crippen molar-refractivity contribution in [2.75, 3.05) is 32.1 Å². The van der Waals surface area contributed by atoms with Crippen LogP contribution in [0.3, 0.4) is 0 Å². The molecule has 0 spiro atoms. The first-order chi connectivity index (χ1) is 12.0. The van der Waals surface area contributed by atoms with E-state index in [1.807, 2.05) is 35.2 Å². The van der Waals surface area contributed by atoms with Crippen molar-refractivity contribution in [3.05, 3.63) is 41.9 Å². The summed E-state index contributed by atoms with van der Waals surface area (Å²) < 4.78 is 0. The fourth-order valence-corrected chi connectivity index (χ4v) is 3.83. The minimum absolute atomic E-state index is 0.0182. The first-order valence-electron chi connectivity index (χ1n) is 8.70. The fourth-order valence-electron chi connectivity index (χ4n) is 3.35. The number of halogens is 2. The number of carbonyl (C=O) groups is 1. The predicted molar refractivity (Wildman–Crippen MR) is 107 cm³/mol. The Balaban J connectivity index is 2.14. The van der Waals surface area contributed by atoms with E-state index in [9.17, 15) is 4.79 Å². The second-order valence-corrected chi connectivity index (χ2v) is 7.56. The first-order valence-corrected chi connectivity index (χ1v) is 9.57. The molecule has 1 amide bonds. The van der Waals surface area contributed by atoms with Crippen LogP contribution in [0.4, 0.5) is 5.69 Å². The Labute approximate surface area is 160 Å². The number of hydrogen-bond donors (Lipinski definition) is 1. The number of nitrogens with one attached hydrogen (secondary N) is 1. The number of para-hydroxylation sites is 1. The van der Waals surface area contributed by atoms with E-state index in [4.69, 9.17) is 23.2 Å². The third kappa shape index (κ3) is 6.00. The smallest absolute Gasteiger partial charge is 0.252 e. The highest BCUT2D eigenvalue weighted by molar-refractivity contribution is 6.27. The number of hydrogen-bond acceptors (Lipinski definition) is 3. The molecule has 25 heavy (non-hydrogen) atoms. The van der Waals surface area contributed by atoms with E-state index in [0.29, 0.717) is 0 Å². The summed E-state index contributed by atoms with van der Waals surface area (Å²) in [5.41, 5.74) is 2.14. The van der Waals surface area contributed by atoms with Crippen molar-refractivity contribution < 1.29 is 4.79 Å². The summed E-state index contributed by atoms with van der Waals surface area (Å²) in [6, 6.07) is 9.91. The molecule has 3 atom stereocenters. The topological polar surface area (TPSA) is 35.6 Å². The number of nitrogens with zero attached hydrogens (tertiary/aromatic N) is 2. The molecule has 138 valence electrons. The number of alkyl halides is 1. The lowest BCUT2D eigenvalue weighted by atomic mass is 10.1. The molecule has 1 fully saturated rings. The maximum atomic E-state index is 12.7. The third-order valence-corrected chi connectivity index (χ3v) is 4.95. The second kappa shape index (κ2) is 10.2. The van der Waals surface area contributed by atoms with Gasteiger partial charge >= 0.3 is 0 Å². The molecule has 0 saturated heterocycles. The van der Waals surface area contributed by atoms with Gasteiger partial charge in [0.15, 0.2) is 0 Å². The zero-order valence-corrected chi connectivity index (χ0v) is 16.4. The van der Waals surface area contributed by atoms with Gasteiger partial charge in [-0.15, -0.1) is 11.6 Å². The van der Waals surface area contributed by atoms with Crippen LogP contribution >= 0.6 is 23.2 Å². The number of rotatable bonds is 8. The second-order valence-electron chi connectivity index (χ2n) is 6.69. The van der Waals surface area contributed by atoms with E-state index in [2.05, 4.69) is 24.3 Å². The van der Waals surface area contributed by atoms with E-state index in [-0.39, 0.29) is 23.4 Å². The van der Waals surface area contributed by atoms with E-state index in [0.717, 1.165) is 38.0 Å². The van der Waals surface area contributed by atoms with Crippen LogP contribution in [0.2, 0.25) is 0 Å². The highest BCUT2D eigenvalue weighted by Gasteiger charge is 2.39. The molecule has 0 heterocycles. The van der Waals surface area contributed by atoms with Gasteiger partial charge in [0, 0.05) is 28.7 Å². The third-order valence-electron chi connectivity index (χ3n) is 4.47. The molecular weight excluding hydrogens is 357 g/mol. The lowest BCUT2D eigenvalue weighted by Crippen LogP contribution is -2.49. The summed E-state index contributed by atoms with van der Waals surface area (Å²) in [6.45, 7) is 1.94. The summed E-state index contributed by atoms with van der Waals surface area (Å²) >= 11 is 12.1. The quantitative estimate of drug-likeness (QED) is 0.424. The standard InChI is InChI=1S/C19H27Cl2N3O/c1-23(2)12-6-11-22-17-13-15(21)14-18(17)24(19(25)9-10-20)16-7-4-3-5-8-16/h3-5,7-10,15,17-18,22H,6,11-14H2,1-2H3. The van der Waals surface area contributed by atoms with Crippen LogP contribution in [0.1, 0.15) is 19.3 Å². The van der Waals surface area contributed by atoms with Crippen LogP contribution in [0.25, 0.3) is 0 Å². The average Bonchev–Trinajstić information content (AvgIpc) is 2.93. The molecule has 1 aliphatic rings. The molecule has 6 heteroatoms. The molecular formula is C19H27Cl2N3O. The monoisotopic (exact) mass is 383 g/mol. The van der Waals surface area contributed by atoms with Crippen molar-refractivity contribution in [3.8, 4) is 0 Å². The Morgan fingerprint density at radius 1 is 1.28 bits per heavy atom. The maximum Gasteiger partial charge on any atom is 0.252 e. The summed E-state index contributed by atoms with van der Waals surface area (Å²) in [6.07, 6.45) is 4.09. The van der Waals surface area contributed by atoms with Crippen LogP contribution in [-0.2, 0) is 4.79 Å². The average molecular weight is 384 g/mol. The lowest BCUT2D eigenvalue weighted by Gasteiger charge is -2.33. The van der Waals surface area contributed by atoms with Gasteiger partial charge in [-0.25, -0.2) is 0 Å². The maximum absolute atomic E-state index is 12.7. The number of anilines is 1. The molecule has 2 rings (SSSR count). The summed E-state index contributed by atoms with van der Waals surface area (Å²) in [4.78, 5) is 16.7. The van der Waals surface area contributed by atoms with Crippen molar-refractivity contribution in [1.29, 1.82) is 0 Å². The molecule has 1 saturated carbocycles. The molecule has 0 radical (unpaired) electrons. The highest BCUT2D eigenvalue weighted by atomic mass is 35.5. The van der Waals surface area contributed by atoms with Crippen molar-refractivity contribution in [1.82, 2.24) is 10.2 Å². The van der Waals surface area contributed by atoms with Crippen LogP contribution < -0.4 is 10.2 Å². The number of benzene rings is 1. The van der Waals surface area contributed by atoms with Crippen LogP contribution in [-0.4, -0.2) is 55.5 Å². The van der Waals surface area contributed by atoms with Crippen LogP contribution in [0.15, 0.2) is 41.9 Å². The zero-order valence-electron chi connectivity index (χ0n) is 14.9. The van der Waals surface area contributed by atoms with Gasteiger partial charge in [-0.05, 0) is 58.6 Å². The van der Waals surface area contributed by atoms with E-state index in [1.54, 1.807) is 0 Å². The molecule has 1 aliphatic carbocycles. The van der Waals surface area contributed by atoms with Gasteiger partial charge in [-0.2, -0.15) is 0 Å². The predicted octanol–water partition coefficient (Wildman–Crippen LogP) is 3.45. The van der Waals surface area contributed by atoms with Crippen molar-refractivity contribution in [2.24, 2.45) is 0 Å². The van der Waals surface area contributed by atoms with Gasteiger partial charge in [0.2, 0.25) is 0 Å². The van der Waals surface area contributed by atoms with Crippen molar-refractivity contribution >= 4 is 34.8 Å².